The van der Waals surface area contributed by atoms with Crippen LogP contribution in [0.5, 0.6) is 5.75 Å². The van der Waals surface area contributed by atoms with Gasteiger partial charge >= 0.3 is 5.97 Å². The number of halogens is 2. The molecule has 1 amide bonds. The molecule has 1 N–H and O–H groups in total. The number of methoxy groups -OCH3 is 1. The number of rotatable bonds is 4. The van der Waals surface area contributed by atoms with Crippen molar-refractivity contribution in [3.05, 3.63) is 66.0 Å². The van der Waals surface area contributed by atoms with Gasteiger partial charge in [-0.15, -0.1) is 0 Å². The molecular weight excluding hydrogens is 505 g/mol. The molecule has 1 saturated heterocycles. The molecule has 0 radical (unpaired) electrons. The summed E-state index contributed by atoms with van der Waals surface area (Å²) in [7, 11) is 1.28. The minimum absolute atomic E-state index is 0.00825. The van der Waals surface area contributed by atoms with E-state index in [1.54, 1.807) is 17.0 Å². The maximum Gasteiger partial charge on any atom is 0.330 e. The quantitative estimate of drug-likeness (QED) is 0.298. The molecule has 3 aromatic carbocycles. The standard InChI is InChI=1S/C26H21ClFN3O4S/c1-3-21(33)30-8-9-31(20(13-30)26(34)35-2)25-18-12-19(27)22(23(28)24(18)29-36-25)17-11-15(32)10-14-6-4-5-7-16(14)17/h3-7,10-12,20,32H,1,8-9,13H2,2H3/t20-/m1/s1. The number of ether oxygens (including phenoxy) is 1. The number of phenols is 1. The first-order valence-corrected chi connectivity index (χ1v) is 12.2. The predicted molar refractivity (Wildman–Crippen MR) is 139 cm³/mol. The highest BCUT2D eigenvalue weighted by atomic mass is 35.5. The number of hydrogen-bond donors (Lipinski definition) is 1. The van der Waals surface area contributed by atoms with E-state index < -0.39 is 17.8 Å². The maximum absolute atomic E-state index is 16.0. The van der Waals surface area contributed by atoms with Crippen LogP contribution in [0.1, 0.15) is 0 Å². The SMILES string of the molecule is C=CC(=O)N1CCN(c2snc3c(F)c(-c4cc(O)cc5ccccc45)c(Cl)cc23)[C@@H](C(=O)OC)C1. The first-order chi connectivity index (χ1) is 17.3. The number of esters is 1. The summed E-state index contributed by atoms with van der Waals surface area (Å²) in [5, 5.41) is 12.9. The molecule has 0 bridgehead atoms. The minimum Gasteiger partial charge on any atom is -0.508 e. The summed E-state index contributed by atoms with van der Waals surface area (Å²) < 4.78 is 25.3. The van der Waals surface area contributed by atoms with E-state index in [-0.39, 0.29) is 34.3 Å². The zero-order valence-corrected chi connectivity index (χ0v) is 20.8. The number of aromatic nitrogens is 1. The number of carbonyl (C=O) groups excluding carboxylic acids is 2. The van der Waals surface area contributed by atoms with Crippen LogP contribution in [0.25, 0.3) is 32.8 Å². The van der Waals surface area contributed by atoms with Crippen LogP contribution < -0.4 is 4.90 Å². The summed E-state index contributed by atoms with van der Waals surface area (Å²) in [5.74, 6) is -1.43. The lowest BCUT2D eigenvalue weighted by Crippen LogP contribution is -2.58. The van der Waals surface area contributed by atoms with Gasteiger partial charge in [0.15, 0.2) is 5.82 Å². The molecular formula is C26H21ClFN3O4S. The summed E-state index contributed by atoms with van der Waals surface area (Å²) >= 11 is 7.70. The highest BCUT2D eigenvalue weighted by molar-refractivity contribution is 7.11. The lowest BCUT2D eigenvalue weighted by molar-refractivity contribution is -0.144. The smallest absolute Gasteiger partial charge is 0.330 e. The number of hydrogen-bond acceptors (Lipinski definition) is 7. The number of carbonyl (C=O) groups is 2. The van der Waals surface area contributed by atoms with Gasteiger partial charge in [-0.25, -0.2) is 9.18 Å². The summed E-state index contributed by atoms with van der Waals surface area (Å²) in [6.07, 6.45) is 1.20. The van der Waals surface area contributed by atoms with Crippen LogP contribution in [0.15, 0.2) is 55.1 Å². The zero-order chi connectivity index (χ0) is 25.6. The van der Waals surface area contributed by atoms with Crippen LogP contribution in [0, 0.1) is 5.82 Å². The number of nitrogens with zero attached hydrogens (tertiary/aromatic N) is 3. The van der Waals surface area contributed by atoms with Crippen molar-refractivity contribution in [1.29, 1.82) is 0 Å². The van der Waals surface area contributed by atoms with Crippen molar-refractivity contribution in [1.82, 2.24) is 9.27 Å². The molecule has 1 aliphatic rings. The van der Waals surface area contributed by atoms with Crippen molar-refractivity contribution in [2.75, 3.05) is 31.6 Å². The minimum atomic E-state index is -0.798. The summed E-state index contributed by atoms with van der Waals surface area (Å²) in [6.45, 7) is 4.27. The van der Waals surface area contributed by atoms with E-state index in [1.807, 2.05) is 24.3 Å². The second-order valence-electron chi connectivity index (χ2n) is 8.37. The molecule has 0 saturated carbocycles. The Hall–Kier alpha value is -3.69. The number of phenolic OH excluding ortho intramolecular Hbond substituents is 1. The highest BCUT2D eigenvalue weighted by Gasteiger charge is 2.37. The van der Waals surface area contributed by atoms with Crippen molar-refractivity contribution >= 4 is 61.7 Å². The van der Waals surface area contributed by atoms with Gasteiger partial charge in [0.1, 0.15) is 22.3 Å². The first-order valence-electron chi connectivity index (χ1n) is 11.1. The number of anilines is 1. The van der Waals surface area contributed by atoms with Crippen molar-refractivity contribution in [3.8, 4) is 16.9 Å². The molecule has 0 unspecified atom stereocenters. The Balaban J connectivity index is 1.63. The van der Waals surface area contributed by atoms with Crippen molar-refractivity contribution in [2.24, 2.45) is 0 Å². The number of fused-ring (bicyclic) bond motifs is 2. The topological polar surface area (TPSA) is 83.0 Å². The van der Waals surface area contributed by atoms with Gasteiger partial charge in [0.25, 0.3) is 0 Å². The van der Waals surface area contributed by atoms with E-state index in [9.17, 15) is 14.7 Å². The Morgan fingerprint density at radius 2 is 2.03 bits per heavy atom. The van der Waals surface area contributed by atoms with Gasteiger partial charge in [0.2, 0.25) is 5.91 Å². The third-order valence-corrected chi connectivity index (χ3v) is 7.56. The van der Waals surface area contributed by atoms with E-state index in [2.05, 4.69) is 11.0 Å². The largest absolute Gasteiger partial charge is 0.508 e. The van der Waals surface area contributed by atoms with Crippen LogP contribution in [0.2, 0.25) is 5.02 Å². The Labute approximate surface area is 215 Å². The van der Waals surface area contributed by atoms with E-state index in [0.717, 1.165) is 22.3 Å². The van der Waals surface area contributed by atoms with Crippen LogP contribution in [0.4, 0.5) is 9.39 Å². The average molecular weight is 526 g/mol. The lowest BCUT2D eigenvalue weighted by Gasteiger charge is -2.40. The predicted octanol–water partition coefficient (Wildman–Crippen LogP) is 4.99. The van der Waals surface area contributed by atoms with Gasteiger partial charge in [0.05, 0.1) is 18.7 Å². The van der Waals surface area contributed by atoms with E-state index in [1.165, 1.54) is 24.2 Å². The van der Waals surface area contributed by atoms with Crippen molar-refractivity contribution in [3.63, 3.8) is 0 Å². The molecule has 1 fully saturated rings. The van der Waals surface area contributed by atoms with Gasteiger partial charge in [0, 0.05) is 24.0 Å². The number of amides is 1. The van der Waals surface area contributed by atoms with Crippen LogP contribution in [0.3, 0.4) is 0 Å². The maximum atomic E-state index is 16.0. The molecule has 4 aromatic rings. The van der Waals surface area contributed by atoms with Gasteiger partial charge in [-0.2, -0.15) is 4.37 Å². The second-order valence-corrected chi connectivity index (χ2v) is 9.53. The van der Waals surface area contributed by atoms with Gasteiger partial charge in [-0.1, -0.05) is 42.4 Å². The molecule has 1 aromatic heterocycles. The van der Waals surface area contributed by atoms with Crippen molar-refractivity contribution in [2.45, 2.75) is 6.04 Å². The number of benzene rings is 3. The fraction of sp³-hybridized carbons (Fsp3) is 0.192. The summed E-state index contributed by atoms with van der Waals surface area (Å²) in [5.41, 5.74) is 0.697. The van der Waals surface area contributed by atoms with Gasteiger partial charge in [-0.3, -0.25) is 4.79 Å². The second kappa shape index (κ2) is 9.40. The van der Waals surface area contributed by atoms with Crippen molar-refractivity contribution < 1.29 is 23.8 Å². The fourth-order valence-electron chi connectivity index (χ4n) is 4.65. The monoisotopic (exact) mass is 525 g/mol. The normalized spacial score (nSPS) is 15.9. The molecule has 1 aliphatic heterocycles. The number of aromatic hydroxyl groups is 1. The Kier molecular flexibility index (Phi) is 6.27. The van der Waals surface area contributed by atoms with E-state index in [4.69, 9.17) is 16.3 Å². The molecule has 10 heteroatoms. The lowest BCUT2D eigenvalue weighted by atomic mass is 9.96. The molecule has 0 aliphatic carbocycles. The van der Waals surface area contributed by atoms with E-state index in [0.29, 0.717) is 29.0 Å². The molecule has 36 heavy (non-hydrogen) atoms. The zero-order valence-electron chi connectivity index (χ0n) is 19.2. The average Bonchev–Trinajstić information content (AvgIpc) is 3.31. The fourth-order valence-corrected chi connectivity index (χ4v) is 5.88. The van der Waals surface area contributed by atoms with Gasteiger partial charge in [-0.05, 0) is 52.1 Å². The molecule has 5 rings (SSSR count). The summed E-state index contributed by atoms with van der Waals surface area (Å²) in [6, 6.07) is 11.2. The molecule has 7 nitrogen and oxygen atoms in total. The Bertz CT molecular complexity index is 1540. The van der Waals surface area contributed by atoms with E-state index >= 15 is 4.39 Å². The molecule has 2 heterocycles. The molecule has 1 atom stereocenters. The van der Waals surface area contributed by atoms with Gasteiger partial charge < -0.3 is 19.6 Å². The first kappa shape index (κ1) is 24.0. The number of piperazine rings is 1. The molecule has 184 valence electrons. The third kappa shape index (κ3) is 3.94. The van der Waals surface area contributed by atoms with Crippen LogP contribution >= 0.6 is 23.1 Å². The molecule has 0 spiro atoms. The highest BCUT2D eigenvalue weighted by Crippen LogP contribution is 2.44. The summed E-state index contributed by atoms with van der Waals surface area (Å²) in [4.78, 5) is 28.1. The Morgan fingerprint density at radius 1 is 1.25 bits per heavy atom. The van der Waals surface area contributed by atoms with Crippen LogP contribution in [-0.4, -0.2) is 59.0 Å². The third-order valence-electron chi connectivity index (χ3n) is 6.36. The Morgan fingerprint density at radius 3 is 2.78 bits per heavy atom. The van der Waals surface area contributed by atoms with Crippen LogP contribution in [-0.2, 0) is 14.3 Å².